The van der Waals surface area contributed by atoms with Gasteiger partial charge >= 0.3 is 0 Å². The minimum absolute atomic E-state index is 0.825. The molecule has 0 spiro atoms. The number of halogens is 1. The van der Waals surface area contributed by atoms with E-state index >= 15 is 0 Å². The van der Waals surface area contributed by atoms with E-state index in [1.54, 1.807) is 0 Å². The molecular formula is C7H9IN2. The van der Waals surface area contributed by atoms with Crippen LogP contribution in [-0.2, 0) is 0 Å². The van der Waals surface area contributed by atoms with Crippen LogP contribution >= 0.6 is 22.6 Å². The van der Waals surface area contributed by atoms with Crippen LogP contribution in [0.15, 0.2) is 0 Å². The second-order valence-corrected chi connectivity index (χ2v) is 3.89. The fourth-order valence-electron chi connectivity index (χ4n) is 1.26. The molecule has 10 heavy (non-hydrogen) atoms. The van der Waals surface area contributed by atoms with Crippen LogP contribution in [-0.4, -0.2) is 10.2 Å². The van der Waals surface area contributed by atoms with Gasteiger partial charge in [-0.15, -0.1) is 0 Å². The number of aromatic nitrogens is 2. The Hall–Kier alpha value is -0.0600. The molecule has 3 heteroatoms. The summed E-state index contributed by atoms with van der Waals surface area (Å²) < 4.78 is 1.23. The summed E-state index contributed by atoms with van der Waals surface area (Å²) in [5.41, 5.74) is 2.65. The van der Waals surface area contributed by atoms with Gasteiger partial charge in [0.25, 0.3) is 0 Å². The van der Waals surface area contributed by atoms with Crippen LogP contribution in [0.3, 0.4) is 0 Å². The standard InChI is InChI=1S/C7H9IN2/c1-4-6(5-2-3-5)7(8)10-9-4/h5H,2-3H2,1H3,(H,9,10). The molecule has 1 aromatic heterocycles. The zero-order chi connectivity index (χ0) is 7.14. The van der Waals surface area contributed by atoms with Gasteiger partial charge in [-0.2, -0.15) is 5.10 Å². The minimum Gasteiger partial charge on any atom is -0.272 e. The lowest BCUT2D eigenvalue weighted by molar-refractivity contribution is 1.03. The highest BCUT2D eigenvalue weighted by Gasteiger charge is 2.28. The van der Waals surface area contributed by atoms with Crippen molar-refractivity contribution in [3.8, 4) is 0 Å². The number of nitrogens with zero attached hydrogens (tertiary/aromatic N) is 1. The van der Waals surface area contributed by atoms with Crippen molar-refractivity contribution < 1.29 is 0 Å². The largest absolute Gasteiger partial charge is 0.272 e. The summed E-state index contributed by atoms with van der Waals surface area (Å²) in [6.07, 6.45) is 2.72. The molecule has 1 aliphatic carbocycles. The van der Waals surface area contributed by atoms with Gasteiger partial charge in [-0.25, -0.2) is 0 Å². The van der Waals surface area contributed by atoms with E-state index in [-0.39, 0.29) is 0 Å². The number of aryl methyl sites for hydroxylation is 1. The predicted molar refractivity (Wildman–Crippen MR) is 48.0 cm³/mol. The van der Waals surface area contributed by atoms with Gasteiger partial charge in [-0.05, 0) is 48.3 Å². The first-order valence-corrected chi connectivity index (χ1v) is 4.57. The summed E-state index contributed by atoms with van der Waals surface area (Å²) >= 11 is 2.32. The smallest absolute Gasteiger partial charge is 0.0994 e. The molecule has 1 fully saturated rings. The molecule has 0 aromatic carbocycles. The lowest BCUT2D eigenvalue weighted by Gasteiger charge is -1.92. The van der Waals surface area contributed by atoms with Crippen LogP contribution in [0, 0.1) is 10.6 Å². The van der Waals surface area contributed by atoms with Crippen LogP contribution in [0.4, 0.5) is 0 Å². The SMILES string of the molecule is Cc1n[nH]c(I)c1C1CC1. The van der Waals surface area contributed by atoms with E-state index in [1.807, 2.05) is 0 Å². The normalized spacial score (nSPS) is 17.8. The average Bonchev–Trinajstić information content (AvgIpc) is 2.64. The minimum atomic E-state index is 0.825. The van der Waals surface area contributed by atoms with Crippen LogP contribution in [0.1, 0.15) is 30.0 Å². The Bertz CT molecular complexity index is 231. The maximum Gasteiger partial charge on any atom is 0.0994 e. The molecule has 0 radical (unpaired) electrons. The van der Waals surface area contributed by atoms with E-state index in [1.165, 1.54) is 27.8 Å². The summed E-state index contributed by atoms with van der Waals surface area (Å²) in [7, 11) is 0. The first-order chi connectivity index (χ1) is 4.79. The molecule has 0 atom stereocenters. The first kappa shape index (κ1) is 6.64. The zero-order valence-corrected chi connectivity index (χ0v) is 7.97. The van der Waals surface area contributed by atoms with Gasteiger partial charge in [-0.1, -0.05) is 0 Å². The Labute approximate surface area is 73.5 Å². The quantitative estimate of drug-likeness (QED) is 0.758. The molecule has 1 heterocycles. The van der Waals surface area contributed by atoms with Crippen molar-refractivity contribution in [3.05, 3.63) is 15.0 Å². The summed E-state index contributed by atoms with van der Waals surface area (Å²) in [6, 6.07) is 0. The van der Waals surface area contributed by atoms with E-state index in [4.69, 9.17) is 0 Å². The molecule has 0 saturated heterocycles. The summed E-state index contributed by atoms with van der Waals surface area (Å²) in [4.78, 5) is 0. The molecule has 0 aliphatic heterocycles. The third-order valence-corrected chi connectivity index (χ3v) is 2.76. The van der Waals surface area contributed by atoms with Crippen molar-refractivity contribution in [1.29, 1.82) is 0 Å². The number of H-pyrrole nitrogens is 1. The van der Waals surface area contributed by atoms with Crippen molar-refractivity contribution in [1.82, 2.24) is 10.2 Å². The highest BCUT2D eigenvalue weighted by Crippen LogP contribution is 2.42. The number of nitrogens with one attached hydrogen (secondary N) is 1. The van der Waals surface area contributed by atoms with Crippen LogP contribution in [0.2, 0.25) is 0 Å². The second-order valence-electron chi connectivity index (χ2n) is 2.81. The average molecular weight is 248 g/mol. The van der Waals surface area contributed by atoms with E-state index < -0.39 is 0 Å². The van der Waals surface area contributed by atoms with E-state index in [2.05, 4.69) is 39.7 Å². The Morgan fingerprint density at radius 3 is 2.70 bits per heavy atom. The van der Waals surface area contributed by atoms with E-state index in [9.17, 15) is 0 Å². The van der Waals surface area contributed by atoms with E-state index in [0.29, 0.717) is 0 Å². The molecule has 1 saturated carbocycles. The molecule has 1 aliphatic rings. The van der Waals surface area contributed by atoms with Crippen LogP contribution in [0.5, 0.6) is 0 Å². The molecule has 0 bridgehead atoms. The maximum atomic E-state index is 4.14. The molecule has 0 amide bonds. The Morgan fingerprint density at radius 1 is 1.60 bits per heavy atom. The molecule has 2 rings (SSSR count). The van der Waals surface area contributed by atoms with Crippen molar-refractivity contribution in [3.63, 3.8) is 0 Å². The lowest BCUT2D eigenvalue weighted by atomic mass is 10.2. The Kier molecular flexibility index (Phi) is 1.47. The number of hydrogen-bond donors (Lipinski definition) is 1. The molecule has 1 aromatic rings. The maximum absolute atomic E-state index is 4.14. The molecule has 1 N–H and O–H groups in total. The van der Waals surface area contributed by atoms with Gasteiger partial charge < -0.3 is 0 Å². The molecular weight excluding hydrogens is 239 g/mol. The fraction of sp³-hybridized carbons (Fsp3) is 0.571. The number of rotatable bonds is 1. The molecule has 54 valence electrons. The summed E-state index contributed by atoms with van der Waals surface area (Å²) in [6.45, 7) is 2.08. The first-order valence-electron chi connectivity index (χ1n) is 3.49. The predicted octanol–water partition coefficient (Wildman–Crippen LogP) is 2.20. The zero-order valence-electron chi connectivity index (χ0n) is 5.82. The second kappa shape index (κ2) is 2.22. The van der Waals surface area contributed by atoms with Gasteiger partial charge in [0.2, 0.25) is 0 Å². The van der Waals surface area contributed by atoms with Crippen LogP contribution in [0.25, 0.3) is 0 Å². The van der Waals surface area contributed by atoms with Crippen molar-refractivity contribution in [2.24, 2.45) is 0 Å². The van der Waals surface area contributed by atoms with E-state index in [0.717, 1.165) is 5.92 Å². The van der Waals surface area contributed by atoms with Crippen molar-refractivity contribution in [2.45, 2.75) is 25.7 Å². The highest BCUT2D eigenvalue weighted by atomic mass is 127. The molecule has 2 nitrogen and oxygen atoms in total. The number of hydrogen-bond acceptors (Lipinski definition) is 1. The van der Waals surface area contributed by atoms with Gasteiger partial charge in [0.1, 0.15) is 0 Å². The van der Waals surface area contributed by atoms with Crippen molar-refractivity contribution >= 4 is 22.6 Å². The van der Waals surface area contributed by atoms with Gasteiger partial charge in [-0.3, -0.25) is 5.10 Å². The summed E-state index contributed by atoms with van der Waals surface area (Å²) in [5.74, 6) is 0.825. The Morgan fingerprint density at radius 2 is 2.30 bits per heavy atom. The lowest BCUT2D eigenvalue weighted by Crippen LogP contribution is -1.82. The van der Waals surface area contributed by atoms with Crippen LogP contribution < -0.4 is 0 Å². The number of aromatic amines is 1. The topological polar surface area (TPSA) is 28.7 Å². The summed E-state index contributed by atoms with van der Waals surface area (Å²) in [5, 5.41) is 7.14. The Balaban J connectivity index is 2.44. The third-order valence-electron chi connectivity index (χ3n) is 1.93. The van der Waals surface area contributed by atoms with Gasteiger partial charge in [0, 0.05) is 5.56 Å². The fourth-order valence-corrected chi connectivity index (χ4v) is 2.21. The van der Waals surface area contributed by atoms with Gasteiger partial charge in [0.05, 0.1) is 9.39 Å². The van der Waals surface area contributed by atoms with Crippen molar-refractivity contribution in [2.75, 3.05) is 0 Å². The monoisotopic (exact) mass is 248 g/mol. The molecule has 0 unspecified atom stereocenters. The van der Waals surface area contributed by atoms with Gasteiger partial charge in [0.15, 0.2) is 0 Å². The highest BCUT2D eigenvalue weighted by molar-refractivity contribution is 14.1. The third kappa shape index (κ3) is 0.962.